The van der Waals surface area contributed by atoms with Crippen LogP contribution in [-0.2, 0) is 11.4 Å². The molecular weight excluding hydrogens is 204 g/mol. The number of hydrogen-bond acceptors (Lipinski definition) is 3. The Bertz CT molecular complexity index is 481. The molecule has 15 heavy (non-hydrogen) atoms. The minimum atomic E-state index is -0.653. The van der Waals surface area contributed by atoms with E-state index >= 15 is 0 Å². The fourth-order valence-corrected chi connectivity index (χ4v) is 1.42. The predicted octanol–water partition coefficient (Wildman–Crippen LogP) is 2.36. The highest BCUT2D eigenvalue weighted by molar-refractivity contribution is 5.81. The molecule has 1 N–H and O–H groups in total. The molecule has 0 aliphatic rings. The van der Waals surface area contributed by atoms with Crippen LogP contribution < -0.4 is 5.48 Å². The Kier molecular flexibility index (Phi) is 2.66. The first kappa shape index (κ1) is 10.1. The van der Waals surface area contributed by atoms with Gasteiger partial charge in [0.05, 0.1) is 25.3 Å². The normalized spacial score (nSPS) is 11.1. The molecule has 0 spiro atoms. The SMILES string of the molecule is CONCc1c(F)cc(F)c2ccoc12. The van der Waals surface area contributed by atoms with E-state index in [-0.39, 0.29) is 23.1 Å². The maximum atomic E-state index is 13.4. The summed E-state index contributed by atoms with van der Waals surface area (Å²) in [6, 6.07) is 2.30. The fourth-order valence-electron chi connectivity index (χ4n) is 1.42. The van der Waals surface area contributed by atoms with Gasteiger partial charge in [0.1, 0.15) is 17.2 Å². The second-order valence-corrected chi connectivity index (χ2v) is 3.01. The van der Waals surface area contributed by atoms with E-state index in [1.165, 1.54) is 19.4 Å². The highest BCUT2D eigenvalue weighted by atomic mass is 19.1. The van der Waals surface area contributed by atoms with Gasteiger partial charge in [-0.2, -0.15) is 5.48 Å². The zero-order valence-electron chi connectivity index (χ0n) is 8.01. The Labute approximate surface area is 84.6 Å². The molecule has 1 aromatic heterocycles. The first-order valence-electron chi connectivity index (χ1n) is 4.34. The molecule has 0 fully saturated rings. The van der Waals surface area contributed by atoms with Crippen molar-refractivity contribution >= 4 is 11.0 Å². The summed E-state index contributed by atoms with van der Waals surface area (Å²) in [7, 11) is 1.42. The molecule has 0 atom stereocenters. The fraction of sp³-hybridized carbons (Fsp3) is 0.200. The van der Waals surface area contributed by atoms with Gasteiger partial charge < -0.3 is 9.25 Å². The summed E-state index contributed by atoms with van der Waals surface area (Å²) in [6.45, 7) is 0.118. The summed E-state index contributed by atoms with van der Waals surface area (Å²) in [5.41, 5.74) is 2.94. The number of hydroxylamine groups is 1. The minimum Gasteiger partial charge on any atom is -0.464 e. The largest absolute Gasteiger partial charge is 0.464 e. The second kappa shape index (κ2) is 3.96. The molecule has 1 heterocycles. The van der Waals surface area contributed by atoms with Crippen LogP contribution in [0, 0.1) is 11.6 Å². The van der Waals surface area contributed by atoms with Gasteiger partial charge in [0, 0.05) is 11.6 Å². The van der Waals surface area contributed by atoms with Crippen molar-refractivity contribution in [2.45, 2.75) is 6.54 Å². The van der Waals surface area contributed by atoms with Gasteiger partial charge in [0.25, 0.3) is 0 Å². The van der Waals surface area contributed by atoms with Crippen molar-refractivity contribution < 1.29 is 18.0 Å². The van der Waals surface area contributed by atoms with Crippen LogP contribution in [0.2, 0.25) is 0 Å². The summed E-state index contributed by atoms with van der Waals surface area (Å²) in [5.74, 6) is -1.28. The lowest BCUT2D eigenvalue weighted by Crippen LogP contribution is -2.12. The standard InChI is InChI=1S/C10H9F2NO2/c1-14-13-5-7-9(12)4-8(11)6-2-3-15-10(6)7/h2-4,13H,5H2,1H3. The average molecular weight is 213 g/mol. The molecule has 5 heteroatoms. The molecule has 2 aromatic rings. The lowest BCUT2D eigenvalue weighted by molar-refractivity contribution is 0.0860. The van der Waals surface area contributed by atoms with E-state index < -0.39 is 11.6 Å². The van der Waals surface area contributed by atoms with Crippen molar-refractivity contribution in [2.24, 2.45) is 0 Å². The van der Waals surface area contributed by atoms with E-state index in [1.807, 2.05) is 0 Å². The zero-order chi connectivity index (χ0) is 10.8. The van der Waals surface area contributed by atoms with Gasteiger partial charge in [-0.25, -0.2) is 8.78 Å². The lowest BCUT2D eigenvalue weighted by Gasteiger charge is -2.05. The Morgan fingerprint density at radius 3 is 2.93 bits per heavy atom. The van der Waals surface area contributed by atoms with Crippen molar-refractivity contribution in [1.82, 2.24) is 5.48 Å². The third kappa shape index (κ3) is 1.71. The van der Waals surface area contributed by atoms with Crippen molar-refractivity contribution in [3.05, 3.63) is 35.6 Å². The number of rotatable bonds is 3. The lowest BCUT2D eigenvalue weighted by atomic mass is 10.1. The number of benzene rings is 1. The van der Waals surface area contributed by atoms with E-state index in [1.54, 1.807) is 0 Å². The average Bonchev–Trinajstić information content (AvgIpc) is 2.66. The highest BCUT2D eigenvalue weighted by Gasteiger charge is 2.14. The smallest absolute Gasteiger partial charge is 0.144 e. The first-order chi connectivity index (χ1) is 7.24. The zero-order valence-corrected chi connectivity index (χ0v) is 8.01. The molecule has 0 unspecified atom stereocenters. The van der Waals surface area contributed by atoms with Gasteiger partial charge in [-0.05, 0) is 6.07 Å². The number of halogens is 2. The highest BCUT2D eigenvalue weighted by Crippen LogP contribution is 2.25. The molecule has 2 rings (SSSR count). The quantitative estimate of drug-likeness (QED) is 0.795. The molecule has 0 saturated heterocycles. The Hall–Kier alpha value is -1.46. The summed E-state index contributed by atoms with van der Waals surface area (Å²) in [4.78, 5) is 4.60. The summed E-state index contributed by atoms with van der Waals surface area (Å²) in [5, 5.41) is 0.268. The third-order valence-electron chi connectivity index (χ3n) is 2.13. The number of fused-ring (bicyclic) bond motifs is 1. The van der Waals surface area contributed by atoms with E-state index in [4.69, 9.17) is 4.42 Å². The van der Waals surface area contributed by atoms with Gasteiger partial charge >= 0.3 is 0 Å². The predicted molar refractivity (Wildman–Crippen MR) is 50.0 cm³/mol. The molecular formula is C10H9F2NO2. The summed E-state index contributed by atoms with van der Waals surface area (Å²) >= 11 is 0. The van der Waals surface area contributed by atoms with Crippen LogP contribution in [0.1, 0.15) is 5.56 Å². The van der Waals surface area contributed by atoms with Gasteiger partial charge in [-0.3, -0.25) is 0 Å². The molecule has 0 bridgehead atoms. The molecule has 0 aliphatic carbocycles. The van der Waals surface area contributed by atoms with E-state index in [0.29, 0.717) is 0 Å². The van der Waals surface area contributed by atoms with Crippen LogP contribution >= 0.6 is 0 Å². The van der Waals surface area contributed by atoms with Gasteiger partial charge in [-0.15, -0.1) is 0 Å². The first-order valence-corrected chi connectivity index (χ1v) is 4.34. The Morgan fingerprint density at radius 2 is 2.20 bits per heavy atom. The van der Waals surface area contributed by atoms with E-state index in [0.717, 1.165) is 6.07 Å². The van der Waals surface area contributed by atoms with Crippen molar-refractivity contribution in [2.75, 3.05) is 7.11 Å². The van der Waals surface area contributed by atoms with E-state index in [2.05, 4.69) is 10.3 Å². The van der Waals surface area contributed by atoms with Gasteiger partial charge in [0.2, 0.25) is 0 Å². The monoisotopic (exact) mass is 213 g/mol. The van der Waals surface area contributed by atoms with Crippen LogP contribution in [-0.4, -0.2) is 7.11 Å². The molecule has 0 saturated carbocycles. The molecule has 0 radical (unpaired) electrons. The van der Waals surface area contributed by atoms with Crippen LogP contribution in [0.3, 0.4) is 0 Å². The topological polar surface area (TPSA) is 34.4 Å². The molecule has 80 valence electrons. The van der Waals surface area contributed by atoms with E-state index in [9.17, 15) is 8.78 Å². The number of furan rings is 1. The Balaban J connectivity index is 2.55. The summed E-state index contributed by atoms with van der Waals surface area (Å²) < 4.78 is 31.6. The molecule has 3 nitrogen and oxygen atoms in total. The maximum Gasteiger partial charge on any atom is 0.144 e. The molecule has 1 aromatic carbocycles. The van der Waals surface area contributed by atoms with Gasteiger partial charge in [0.15, 0.2) is 0 Å². The molecule has 0 amide bonds. The van der Waals surface area contributed by atoms with Crippen LogP contribution in [0.4, 0.5) is 8.78 Å². The van der Waals surface area contributed by atoms with Crippen molar-refractivity contribution in [1.29, 1.82) is 0 Å². The van der Waals surface area contributed by atoms with Crippen LogP contribution in [0.15, 0.2) is 22.8 Å². The maximum absolute atomic E-state index is 13.4. The number of hydrogen-bond donors (Lipinski definition) is 1. The molecule has 0 aliphatic heterocycles. The summed E-state index contributed by atoms with van der Waals surface area (Å²) in [6.07, 6.45) is 1.32. The van der Waals surface area contributed by atoms with Crippen LogP contribution in [0.25, 0.3) is 11.0 Å². The van der Waals surface area contributed by atoms with Crippen molar-refractivity contribution in [3.63, 3.8) is 0 Å². The van der Waals surface area contributed by atoms with Crippen LogP contribution in [0.5, 0.6) is 0 Å². The number of nitrogens with one attached hydrogen (secondary N) is 1. The minimum absolute atomic E-state index is 0.118. The second-order valence-electron chi connectivity index (χ2n) is 3.01. The van der Waals surface area contributed by atoms with Gasteiger partial charge in [-0.1, -0.05) is 0 Å². The van der Waals surface area contributed by atoms with Crippen molar-refractivity contribution in [3.8, 4) is 0 Å². The Morgan fingerprint density at radius 1 is 1.40 bits per heavy atom. The third-order valence-corrected chi connectivity index (χ3v) is 2.13.